The van der Waals surface area contributed by atoms with E-state index < -0.39 is 6.10 Å². The Morgan fingerprint density at radius 1 is 1.59 bits per heavy atom. The Morgan fingerprint density at radius 3 is 3.24 bits per heavy atom. The summed E-state index contributed by atoms with van der Waals surface area (Å²) in [4.78, 5) is 2.42. The van der Waals surface area contributed by atoms with Crippen molar-refractivity contribution in [2.75, 3.05) is 19.7 Å². The van der Waals surface area contributed by atoms with Crippen LogP contribution in [0.15, 0.2) is 6.20 Å². The van der Waals surface area contributed by atoms with Crippen molar-refractivity contribution in [1.82, 2.24) is 19.9 Å². The molecule has 0 amide bonds. The smallest absolute Gasteiger partial charge is 0.125 e. The van der Waals surface area contributed by atoms with Gasteiger partial charge in [-0.15, -0.1) is 5.10 Å². The van der Waals surface area contributed by atoms with E-state index in [4.69, 9.17) is 4.74 Å². The van der Waals surface area contributed by atoms with Gasteiger partial charge in [-0.25, -0.2) is 4.68 Å². The van der Waals surface area contributed by atoms with E-state index in [0.29, 0.717) is 11.7 Å². The number of aryl methyl sites for hydroxylation is 1. The zero-order chi connectivity index (χ0) is 11.8. The highest BCUT2D eigenvalue weighted by molar-refractivity contribution is 5.03. The zero-order valence-electron chi connectivity index (χ0n) is 9.99. The van der Waals surface area contributed by atoms with Crippen LogP contribution >= 0.6 is 0 Å². The third kappa shape index (κ3) is 1.96. The Bertz CT molecular complexity index is 395. The summed E-state index contributed by atoms with van der Waals surface area (Å²) < 4.78 is 7.37. The van der Waals surface area contributed by atoms with Gasteiger partial charge in [0.1, 0.15) is 12.2 Å². The molecule has 17 heavy (non-hydrogen) atoms. The minimum absolute atomic E-state index is 0.165. The monoisotopic (exact) mass is 238 g/mol. The molecule has 1 N–H and O–H groups in total. The second kappa shape index (κ2) is 4.36. The summed E-state index contributed by atoms with van der Waals surface area (Å²) in [6, 6.07) is 0.558. The van der Waals surface area contributed by atoms with Gasteiger partial charge in [-0.05, 0) is 19.4 Å². The quantitative estimate of drug-likeness (QED) is 0.767. The van der Waals surface area contributed by atoms with Crippen LogP contribution in [-0.2, 0) is 11.8 Å². The average Bonchev–Trinajstić information content (AvgIpc) is 2.95. The molecule has 0 saturated carbocycles. The van der Waals surface area contributed by atoms with Gasteiger partial charge < -0.3 is 9.84 Å². The summed E-state index contributed by atoms with van der Waals surface area (Å²) in [6.45, 7) is 2.66. The van der Waals surface area contributed by atoms with Gasteiger partial charge in [-0.3, -0.25) is 4.90 Å². The van der Waals surface area contributed by atoms with Crippen molar-refractivity contribution in [2.24, 2.45) is 7.05 Å². The fourth-order valence-corrected chi connectivity index (χ4v) is 2.79. The standard InChI is InChI=1S/C11H18N4O2/c1-14-9(5-12-13-14)11(16)10-6-15-4-2-3-8(15)7-17-10/h5,8,10-11,16H,2-4,6-7H2,1H3. The van der Waals surface area contributed by atoms with Gasteiger partial charge in [0.05, 0.1) is 18.5 Å². The predicted octanol–water partition coefficient (Wildman–Crippen LogP) is -0.288. The number of aliphatic hydroxyl groups is 1. The molecule has 2 fully saturated rings. The molecule has 1 aromatic heterocycles. The largest absolute Gasteiger partial charge is 0.384 e. The first-order chi connectivity index (χ1) is 8.25. The lowest BCUT2D eigenvalue weighted by Crippen LogP contribution is -2.48. The summed E-state index contributed by atoms with van der Waals surface area (Å²) in [7, 11) is 1.78. The van der Waals surface area contributed by atoms with Gasteiger partial charge in [0.15, 0.2) is 0 Å². The lowest BCUT2D eigenvalue weighted by Gasteiger charge is -2.37. The normalized spacial score (nSPS) is 31.4. The van der Waals surface area contributed by atoms with Crippen molar-refractivity contribution in [3.8, 4) is 0 Å². The number of fused-ring (bicyclic) bond motifs is 1. The van der Waals surface area contributed by atoms with Crippen LogP contribution in [0.4, 0.5) is 0 Å². The van der Waals surface area contributed by atoms with E-state index in [1.54, 1.807) is 17.9 Å². The van der Waals surface area contributed by atoms with E-state index in [1.807, 2.05) is 0 Å². The molecule has 0 aromatic carbocycles. The average molecular weight is 238 g/mol. The molecule has 2 aliphatic heterocycles. The van der Waals surface area contributed by atoms with Gasteiger partial charge in [-0.1, -0.05) is 5.21 Å². The molecule has 2 aliphatic rings. The van der Waals surface area contributed by atoms with E-state index in [9.17, 15) is 5.11 Å². The van der Waals surface area contributed by atoms with Crippen molar-refractivity contribution in [1.29, 1.82) is 0 Å². The highest BCUT2D eigenvalue weighted by Gasteiger charge is 2.36. The highest BCUT2D eigenvalue weighted by atomic mass is 16.5. The molecule has 3 heterocycles. The van der Waals surface area contributed by atoms with Crippen LogP contribution in [0.3, 0.4) is 0 Å². The minimum atomic E-state index is -0.642. The predicted molar refractivity (Wildman–Crippen MR) is 60.3 cm³/mol. The summed E-state index contributed by atoms with van der Waals surface area (Å²) in [6.07, 6.45) is 3.25. The molecule has 0 spiro atoms. The molecule has 6 heteroatoms. The third-order valence-electron chi connectivity index (χ3n) is 3.82. The second-order valence-corrected chi connectivity index (χ2v) is 4.89. The van der Waals surface area contributed by atoms with E-state index in [-0.39, 0.29) is 6.10 Å². The van der Waals surface area contributed by atoms with Crippen LogP contribution in [0.5, 0.6) is 0 Å². The Morgan fingerprint density at radius 2 is 2.47 bits per heavy atom. The summed E-state index contributed by atoms with van der Waals surface area (Å²) >= 11 is 0. The first-order valence-electron chi connectivity index (χ1n) is 6.14. The molecular formula is C11H18N4O2. The van der Waals surface area contributed by atoms with Crippen LogP contribution in [0.1, 0.15) is 24.6 Å². The number of morpholine rings is 1. The minimum Gasteiger partial charge on any atom is -0.384 e. The van der Waals surface area contributed by atoms with Crippen LogP contribution in [0, 0.1) is 0 Å². The van der Waals surface area contributed by atoms with Crippen molar-refractivity contribution in [3.05, 3.63) is 11.9 Å². The molecule has 3 unspecified atom stereocenters. The molecule has 6 nitrogen and oxygen atoms in total. The summed E-state index contributed by atoms with van der Waals surface area (Å²) in [5, 5.41) is 17.9. The maximum absolute atomic E-state index is 10.3. The molecular weight excluding hydrogens is 220 g/mol. The number of nitrogens with zero attached hydrogens (tertiary/aromatic N) is 4. The summed E-state index contributed by atoms with van der Waals surface area (Å²) in [5.74, 6) is 0. The molecule has 0 bridgehead atoms. The van der Waals surface area contributed by atoms with Crippen molar-refractivity contribution in [3.63, 3.8) is 0 Å². The lowest BCUT2D eigenvalue weighted by atomic mass is 10.1. The number of hydrogen-bond donors (Lipinski definition) is 1. The summed E-state index contributed by atoms with van der Waals surface area (Å²) in [5.41, 5.74) is 0.715. The Kier molecular flexibility index (Phi) is 2.85. The Balaban J connectivity index is 1.71. The first-order valence-corrected chi connectivity index (χ1v) is 6.14. The van der Waals surface area contributed by atoms with Crippen LogP contribution in [-0.4, -0.2) is 56.8 Å². The Hall–Kier alpha value is -0.980. The molecule has 2 saturated heterocycles. The molecule has 3 rings (SSSR count). The molecule has 3 atom stereocenters. The van der Waals surface area contributed by atoms with Gasteiger partial charge in [0, 0.05) is 19.6 Å². The molecule has 0 aliphatic carbocycles. The number of hydrogen-bond acceptors (Lipinski definition) is 5. The van der Waals surface area contributed by atoms with E-state index in [1.165, 1.54) is 12.8 Å². The zero-order valence-corrected chi connectivity index (χ0v) is 9.99. The first kappa shape index (κ1) is 11.1. The maximum Gasteiger partial charge on any atom is 0.125 e. The maximum atomic E-state index is 10.3. The topological polar surface area (TPSA) is 63.4 Å². The van der Waals surface area contributed by atoms with Crippen molar-refractivity contribution >= 4 is 0 Å². The fourth-order valence-electron chi connectivity index (χ4n) is 2.79. The van der Waals surface area contributed by atoms with Crippen molar-refractivity contribution in [2.45, 2.75) is 31.1 Å². The van der Waals surface area contributed by atoms with Gasteiger partial charge >= 0.3 is 0 Å². The van der Waals surface area contributed by atoms with E-state index >= 15 is 0 Å². The number of rotatable bonds is 2. The van der Waals surface area contributed by atoms with Gasteiger partial charge in [-0.2, -0.15) is 0 Å². The number of aliphatic hydroxyl groups excluding tert-OH is 1. The second-order valence-electron chi connectivity index (χ2n) is 4.89. The molecule has 0 radical (unpaired) electrons. The SMILES string of the molecule is Cn1nncc1C(O)C1CN2CCCC2CO1. The van der Waals surface area contributed by atoms with Gasteiger partial charge in [0.25, 0.3) is 0 Å². The van der Waals surface area contributed by atoms with Crippen LogP contribution in [0.25, 0.3) is 0 Å². The Labute approximate surface area is 100 Å². The molecule has 1 aromatic rings. The number of ether oxygens (including phenoxy) is 1. The van der Waals surface area contributed by atoms with Gasteiger partial charge in [0.2, 0.25) is 0 Å². The lowest BCUT2D eigenvalue weighted by molar-refractivity contribution is -0.105. The van der Waals surface area contributed by atoms with E-state index in [0.717, 1.165) is 19.7 Å². The number of aromatic nitrogens is 3. The molecule has 94 valence electrons. The highest BCUT2D eigenvalue weighted by Crippen LogP contribution is 2.28. The van der Waals surface area contributed by atoms with Crippen LogP contribution in [0.2, 0.25) is 0 Å². The fraction of sp³-hybridized carbons (Fsp3) is 0.818. The van der Waals surface area contributed by atoms with E-state index in [2.05, 4.69) is 15.2 Å². The van der Waals surface area contributed by atoms with Crippen LogP contribution < -0.4 is 0 Å². The third-order valence-corrected chi connectivity index (χ3v) is 3.82. The van der Waals surface area contributed by atoms with Crippen molar-refractivity contribution < 1.29 is 9.84 Å².